The van der Waals surface area contributed by atoms with Crippen molar-refractivity contribution in [2.75, 3.05) is 16.0 Å². The minimum atomic E-state index is -4.60. The molecule has 9 aromatic rings. The van der Waals surface area contributed by atoms with Crippen LogP contribution in [0.3, 0.4) is 0 Å². The summed E-state index contributed by atoms with van der Waals surface area (Å²) in [5.74, 6) is 0.416. The normalized spacial score (nSPS) is 11.6. The molecule has 6 aromatic heterocycles. The van der Waals surface area contributed by atoms with Crippen LogP contribution < -0.4 is 16.0 Å². The van der Waals surface area contributed by atoms with Gasteiger partial charge in [-0.1, -0.05) is 65.7 Å². The van der Waals surface area contributed by atoms with Crippen LogP contribution in [0.25, 0.3) is 30.6 Å². The standard InChI is InChI=1S/C14H12ClN3S.C14H8F3N3OS.C13H8ClN3OS/c1-9(10-4-2-3-5-11(10)15)18-14-13-12(6-7-19-13)16-8-17-14;15-14(16,17)9-4-2-1-3-8(9)13(21)20-12-11-10(5-6-22-11)18-7-19-12;14-9-4-2-1-3-8(9)13(18)17-12-11-10(5-6-19-11)15-7-16-12/h2-9H,1H3,(H,16,17,18);1-7H,(H,18,19,20,21);1-7H,(H,15,16,17,18). The highest BCUT2D eigenvalue weighted by molar-refractivity contribution is 7.18. The lowest BCUT2D eigenvalue weighted by atomic mass is 10.1. The predicted octanol–water partition coefficient (Wildman–Crippen LogP) is 12.1. The minimum Gasteiger partial charge on any atom is -0.362 e. The number of nitrogens with zero attached hydrogens (tertiary/aromatic N) is 6. The van der Waals surface area contributed by atoms with Gasteiger partial charge < -0.3 is 16.0 Å². The predicted molar refractivity (Wildman–Crippen MR) is 235 cm³/mol. The second-order valence-corrected chi connectivity index (χ2v) is 16.0. The van der Waals surface area contributed by atoms with Crippen molar-refractivity contribution in [3.05, 3.63) is 158 Å². The van der Waals surface area contributed by atoms with E-state index >= 15 is 0 Å². The van der Waals surface area contributed by atoms with Gasteiger partial charge in [-0.15, -0.1) is 34.0 Å². The van der Waals surface area contributed by atoms with Gasteiger partial charge in [0.1, 0.15) is 24.8 Å². The lowest BCUT2D eigenvalue weighted by Gasteiger charge is -2.16. The number of hydrogen-bond acceptors (Lipinski definition) is 12. The summed E-state index contributed by atoms with van der Waals surface area (Å²) in [5.41, 5.74) is 2.46. The lowest BCUT2D eigenvalue weighted by molar-refractivity contribution is -0.137. The van der Waals surface area contributed by atoms with Gasteiger partial charge in [0.05, 0.1) is 58.4 Å². The van der Waals surface area contributed by atoms with E-state index in [9.17, 15) is 22.8 Å². The molecule has 1 atom stereocenters. The number of carbonyl (C=O) groups excluding carboxylic acids is 2. The first-order valence-electron chi connectivity index (χ1n) is 17.6. The third kappa shape index (κ3) is 9.84. The van der Waals surface area contributed by atoms with Gasteiger partial charge in [-0.3, -0.25) is 9.59 Å². The van der Waals surface area contributed by atoms with Gasteiger partial charge in [0.25, 0.3) is 11.8 Å². The molecule has 0 fully saturated rings. The Morgan fingerprint density at radius 1 is 0.567 bits per heavy atom. The molecule has 0 aliphatic rings. The Morgan fingerprint density at radius 3 is 1.52 bits per heavy atom. The molecule has 3 aromatic carbocycles. The van der Waals surface area contributed by atoms with E-state index in [1.54, 1.807) is 53.4 Å². The Kier molecular flexibility index (Phi) is 13.2. The highest BCUT2D eigenvalue weighted by Crippen LogP contribution is 2.34. The fourth-order valence-corrected chi connectivity index (χ4v) is 8.58. The molecule has 0 aliphatic heterocycles. The molecule has 3 N–H and O–H groups in total. The average Bonchev–Trinajstić information content (AvgIpc) is 4.04. The van der Waals surface area contributed by atoms with Crippen LogP contribution in [0.15, 0.2) is 126 Å². The largest absolute Gasteiger partial charge is 0.417 e. The Hall–Kier alpha value is -6.11. The van der Waals surface area contributed by atoms with Crippen molar-refractivity contribution in [1.29, 1.82) is 0 Å². The number of benzene rings is 3. The van der Waals surface area contributed by atoms with E-state index in [-0.39, 0.29) is 17.8 Å². The van der Waals surface area contributed by atoms with E-state index in [1.165, 1.54) is 47.5 Å². The number of rotatable bonds is 7. The molecular formula is C41H28Cl2F3N9O2S3. The third-order valence-corrected chi connectivity index (χ3v) is 11.9. The molecule has 302 valence electrons. The SMILES string of the molecule is CC(Nc1ncnc2ccsc12)c1ccccc1Cl.O=C(Nc1ncnc2ccsc12)c1ccccc1C(F)(F)F.O=C(Nc1ncnc2ccsc12)c1ccccc1Cl. The van der Waals surface area contributed by atoms with Crippen molar-refractivity contribution < 1.29 is 22.8 Å². The molecule has 19 heteroatoms. The number of anilines is 3. The van der Waals surface area contributed by atoms with E-state index in [1.807, 2.05) is 47.2 Å². The summed E-state index contributed by atoms with van der Waals surface area (Å²) in [4.78, 5) is 49.0. The van der Waals surface area contributed by atoms with Crippen molar-refractivity contribution in [2.45, 2.75) is 19.1 Å². The number of halogens is 5. The number of nitrogens with one attached hydrogen (secondary N) is 3. The molecule has 6 heterocycles. The van der Waals surface area contributed by atoms with Crippen molar-refractivity contribution in [3.63, 3.8) is 0 Å². The zero-order valence-electron chi connectivity index (χ0n) is 30.8. The number of carbonyl (C=O) groups is 2. The second-order valence-electron chi connectivity index (χ2n) is 12.4. The first-order chi connectivity index (χ1) is 29.0. The molecular weight excluding hydrogens is 875 g/mol. The number of alkyl halides is 3. The van der Waals surface area contributed by atoms with Gasteiger partial charge in [0.2, 0.25) is 0 Å². The number of hydrogen-bond donors (Lipinski definition) is 3. The highest BCUT2D eigenvalue weighted by atomic mass is 35.5. The van der Waals surface area contributed by atoms with Gasteiger partial charge in [-0.25, -0.2) is 29.9 Å². The lowest BCUT2D eigenvalue weighted by Crippen LogP contribution is -2.19. The van der Waals surface area contributed by atoms with Crippen molar-refractivity contribution in [3.8, 4) is 0 Å². The number of aromatic nitrogens is 6. The maximum absolute atomic E-state index is 12.9. The Labute approximate surface area is 361 Å². The molecule has 9 rings (SSSR count). The first kappa shape index (κ1) is 42.0. The van der Waals surface area contributed by atoms with Crippen LogP contribution >= 0.6 is 57.2 Å². The zero-order valence-corrected chi connectivity index (χ0v) is 34.8. The number of amides is 2. The zero-order chi connectivity index (χ0) is 42.2. The summed E-state index contributed by atoms with van der Waals surface area (Å²) < 4.78 is 41.4. The van der Waals surface area contributed by atoms with E-state index in [0.29, 0.717) is 26.6 Å². The summed E-state index contributed by atoms with van der Waals surface area (Å²) in [6, 6.07) is 25.1. The first-order valence-corrected chi connectivity index (χ1v) is 21.0. The van der Waals surface area contributed by atoms with Crippen LogP contribution in [0, 0.1) is 0 Å². The van der Waals surface area contributed by atoms with Crippen molar-refractivity contribution in [1.82, 2.24) is 29.9 Å². The monoisotopic (exact) mass is 901 g/mol. The number of fused-ring (bicyclic) bond motifs is 3. The smallest absolute Gasteiger partial charge is 0.362 e. The molecule has 0 saturated carbocycles. The molecule has 60 heavy (non-hydrogen) atoms. The van der Waals surface area contributed by atoms with E-state index in [4.69, 9.17) is 23.2 Å². The quantitative estimate of drug-likeness (QED) is 0.142. The summed E-state index contributed by atoms with van der Waals surface area (Å²) in [7, 11) is 0. The molecule has 0 radical (unpaired) electrons. The molecule has 0 bridgehead atoms. The third-order valence-electron chi connectivity index (χ3n) is 8.51. The van der Waals surface area contributed by atoms with Crippen LogP contribution in [0.2, 0.25) is 10.0 Å². The van der Waals surface area contributed by atoms with Gasteiger partial charge >= 0.3 is 6.18 Å². The maximum atomic E-state index is 12.9. The van der Waals surface area contributed by atoms with Gasteiger partial charge in [-0.2, -0.15) is 13.2 Å². The Bertz CT molecular complexity index is 2940. The molecule has 1 unspecified atom stereocenters. The Balaban J connectivity index is 0.000000137. The molecule has 2 amide bonds. The van der Waals surface area contributed by atoms with E-state index in [0.717, 1.165) is 49.0 Å². The van der Waals surface area contributed by atoms with Crippen LogP contribution in [0.1, 0.15) is 44.8 Å². The maximum Gasteiger partial charge on any atom is 0.417 e. The highest BCUT2D eigenvalue weighted by Gasteiger charge is 2.35. The fourth-order valence-electron chi connectivity index (χ4n) is 5.68. The molecule has 0 saturated heterocycles. The van der Waals surface area contributed by atoms with Gasteiger partial charge in [-0.05, 0) is 77.2 Å². The topological polar surface area (TPSA) is 148 Å². The van der Waals surface area contributed by atoms with Crippen LogP contribution in [0.4, 0.5) is 30.6 Å². The van der Waals surface area contributed by atoms with Crippen LogP contribution in [-0.2, 0) is 6.18 Å². The van der Waals surface area contributed by atoms with Crippen molar-refractivity contribution >= 4 is 117 Å². The summed E-state index contributed by atoms with van der Waals surface area (Å²) >= 11 is 16.6. The van der Waals surface area contributed by atoms with E-state index in [2.05, 4.69) is 52.8 Å². The summed E-state index contributed by atoms with van der Waals surface area (Å²) in [5, 5.41) is 15.5. The summed E-state index contributed by atoms with van der Waals surface area (Å²) in [6.45, 7) is 2.07. The molecule has 0 spiro atoms. The Morgan fingerprint density at radius 2 is 1.00 bits per heavy atom. The second kappa shape index (κ2) is 18.9. The van der Waals surface area contributed by atoms with Crippen LogP contribution in [0.5, 0.6) is 0 Å². The van der Waals surface area contributed by atoms with Crippen molar-refractivity contribution in [2.24, 2.45) is 0 Å². The molecule has 0 aliphatic carbocycles. The summed E-state index contributed by atoms with van der Waals surface area (Å²) in [6.07, 6.45) is -0.341. The van der Waals surface area contributed by atoms with Crippen LogP contribution in [-0.4, -0.2) is 41.7 Å². The fraction of sp³-hybridized carbons (Fsp3) is 0.0732. The van der Waals surface area contributed by atoms with Gasteiger partial charge in [0, 0.05) is 5.02 Å². The van der Waals surface area contributed by atoms with E-state index < -0.39 is 23.2 Å². The molecule has 11 nitrogen and oxygen atoms in total. The van der Waals surface area contributed by atoms with Gasteiger partial charge in [0.15, 0.2) is 11.6 Å². The number of thiophene rings is 3. The average molecular weight is 903 g/mol. The minimum absolute atomic E-state index is 0.0916.